The van der Waals surface area contributed by atoms with Gasteiger partial charge in [0.1, 0.15) is 6.04 Å². The lowest BCUT2D eigenvalue weighted by Gasteiger charge is -2.24. The van der Waals surface area contributed by atoms with E-state index >= 15 is 0 Å². The molecular formula is C13H24N2O4. The fourth-order valence-corrected chi connectivity index (χ4v) is 2.32. The van der Waals surface area contributed by atoms with Gasteiger partial charge in [0.15, 0.2) is 0 Å². The van der Waals surface area contributed by atoms with E-state index in [0.717, 1.165) is 25.7 Å². The molecule has 1 fully saturated rings. The molecule has 0 aliphatic heterocycles. The number of aliphatic hydroxyl groups excluding tert-OH is 1. The normalized spacial score (nSPS) is 25.5. The Morgan fingerprint density at radius 2 is 1.79 bits per heavy atom. The van der Waals surface area contributed by atoms with E-state index in [1.807, 2.05) is 0 Å². The minimum atomic E-state index is -1.05. The molecule has 6 nitrogen and oxygen atoms in total. The third-order valence-electron chi connectivity index (χ3n) is 3.52. The Morgan fingerprint density at radius 1 is 1.16 bits per heavy atom. The predicted molar refractivity (Wildman–Crippen MR) is 70.8 cm³/mol. The van der Waals surface area contributed by atoms with E-state index in [-0.39, 0.29) is 12.0 Å². The van der Waals surface area contributed by atoms with Crippen molar-refractivity contribution in [2.75, 3.05) is 0 Å². The lowest BCUT2D eigenvalue weighted by Crippen LogP contribution is -2.53. The van der Waals surface area contributed by atoms with E-state index in [0.29, 0.717) is 6.42 Å². The fraction of sp³-hybridized carbons (Fsp3) is 0.846. The summed E-state index contributed by atoms with van der Waals surface area (Å²) >= 11 is 0. The monoisotopic (exact) mass is 272 g/mol. The van der Waals surface area contributed by atoms with Crippen molar-refractivity contribution >= 4 is 12.0 Å². The number of rotatable bonds is 4. The quantitative estimate of drug-likeness (QED) is 0.576. The first kappa shape index (κ1) is 15.8. The Kier molecular flexibility index (Phi) is 6.08. The lowest BCUT2D eigenvalue weighted by molar-refractivity contribution is -0.140. The summed E-state index contributed by atoms with van der Waals surface area (Å²) in [4.78, 5) is 22.8. The SMILES string of the molecule is CC(C)[C@@H](NC(=O)NC1CCCCCC1O)C(=O)O. The molecule has 0 aromatic heterocycles. The summed E-state index contributed by atoms with van der Waals surface area (Å²) in [5.74, 6) is -1.24. The van der Waals surface area contributed by atoms with Gasteiger partial charge in [0.2, 0.25) is 0 Å². The summed E-state index contributed by atoms with van der Waals surface area (Å²) in [6.45, 7) is 3.47. The van der Waals surface area contributed by atoms with Crippen molar-refractivity contribution in [1.82, 2.24) is 10.6 Å². The molecule has 2 unspecified atom stereocenters. The average molecular weight is 272 g/mol. The van der Waals surface area contributed by atoms with Gasteiger partial charge in [-0.3, -0.25) is 0 Å². The van der Waals surface area contributed by atoms with Crippen LogP contribution in [0.15, 0.2) is 0 Å². The lowest BCUT2D eigenvalue weighted by atomic mass is 10.0. The number of carboxylic acid groups (broad SMARTS) is 1. The third-order valence-corrected chi connectivity index (χ3v) is 3.52. The molecule has 0 aromatic rings. The number of carbonyl (C=O) groups excluding carboxylic acids is 1. The smallest absolute Gasteiger partial charge is 0.326 e. The zero-order valence-electron chi connectivity index (χ0n) is 11.6. The van der Waals surface area contributed by atoms with E-state index in [1.54, 1.807) is 13.8 Å². The van der Waals surface area contributed by atoms with Crippen LogP contribution in [0.4, 0.5) is 4.79 Å². The number of carbonyl (C=O) groups is 2. The number of urea groups is 1. The summed E-state index contributed by atoms with van der Waals surface area (Å²) in [5.41, 5.74) is 0. The Labute approximate surface area is 113 Å². The molecule has 2 amide bonds. The minimum Gasteiger partial charge on any atom is -0.480 e. The highest BCUT2D eigenvalue weighted by molar-refractivity contribution is 5.82. The second-order valence-electron chi connectivity index (χ2n) is 5.49. The van der Waals surface area contributed by atoms with Gasteiger partial charge < -0.3 is 20.8 Å². The van der Waals surface area contributed by atoms with Gasteiger partial charge in [-0.2, -0.15) is 0 Å². The number of nitrogens with one attached hydrogen (secondary N) is 2. The standard InChI is InChI=1S/C13H24N2O4/c1-8(2)11(12(17)18)15-13(19)14-9-6-4-3-5-7-10(9)16/h8-11,16H,3-7H2,1-2H3,(H,17,18)(H2,14,15,19)/t9?,10?,11-/m1/s1. The Hall–Kier alpha value is -1.30. The van der Waals surface area contributed by atoms with Crippen LogP contribution in [0.1, 0.15) is 46.0 Å². The van der Waals surface area contributed by atoms with Gasteiger partial charge in [0.25, 0.3) is 0 Å². The number of aliphatic hydroxyl groups is 1. The van der Waals surface area contributed by atoms with Crippen molar-refractivity contribution in [1.29, 1.82) is 0 Å². The van der Waals surface area contributed by atoms with Crippen LogP contribution in [-0.2, 0) is 4.79 Å². The van der Waals surface area contributed by atoms with Crippen molar-refractivity contribution in [3.05, 3.63) is 0 Å². The highest BCUT2D eigenvalue weighted by Gasteiger charge is 2.27. The third kappa shape index (κ3) is 5.06. The van der Waals surface area contributed by atoms with Crippen molar-refractivity contribution < 1.29 is 19.8 Å². The summed E-state index contributed by atoms with van der Waals surface area (Å²) in [6.07, 6.45) is 3.85. The van der Waals surface area contributed by atoms with Crippen molar-refractivity contribution in [2.45, 2.75) is 64.1 Å². The Balaban J connectivity index is 2.51. The van der Waals surface area contributed by atoms with Gasteiger partial charge in [-0.15, -0.1) is 0 Å². The van der Waals surface area contributed by atoms with Crippen LogP contribution >= 0.6 is 0 Å². The summed E-state index contributed by atoms with van der Waals surface area (Å²) < 4.78 is 0. The first-order valence-corrected chi connectivity index (χ1v) is 6.89. The molecule has 0 spiro atoms. The highest BCUT2D eigenvalue weighted by Crippen LogP contribution is 2.18. The van der Waals surface area contributed by atoms with Crippen LogP contribution in [0.2, 0.25) is 0 Å². The summed E-state index contributed by atoms with van der Waals surface area (Å²) in [6, 6.07) is -1.72. The maximum atomic E-state index is 11.8. The number of aliphatic carboxylic acids is 1. The maximum Gasteiger partial charge on any atom is 0.326 e. The maximum absolute atomic E-state index is 11.8. The number of hydrogen-bond acceptors (Lipinski definition) is 3. The van der Waals surface area contributed by atoms with Crippen LogP contribution in [0.5, 0.6) is 0 Å². The van der Waals surface area contributed by atoms with Crippen molar-refractivity contribution in [3.8, 4) is 0 Å². The molecule has 4 N–H and O–H groups in total. The molecule has 0 radical (unpaired) electrons. The molecule has 1 saturated carbocycles. The number of hydrogen-bond donors (Lipinski definition) is 4. The van der Waals surface area contributed by atoms with Crippen LogP contribution in [0.25, 0.3) is 0 Å². The van der Waals surface area contributed by atoms with E-state index in [4.69, 9.17) is 5.11 Å². The number of amides is 2. The molecule has 110 valence electrons. The molecule has 19 heavy (non-hydrogen) atoms. The summed E-state index contributed by atoms with van der Waals surface area (Å²) in [5, 5.41) is 24.0. The molecule has 0 bridgehead atoms. The number of carboxylic acids is 1. The first-order chi connectivity index (χ1) is 8.91. The van der Waals surface area contributed by atoms with Gasteiger partial charge >= 0.3 is 12.0 Å². The second-order valence-corrected chi connectivity index (χ2v) is 5.49. The van der Waals surface area contributed by atoms with Crippen LogP contribution in [0.3, 0.4) is 0 Å². The molecular weight excluding hydrogens is 248 g/mol. The van der Waals surface area contributed by atoms with Gasteiger partial charge in [-0.1, -0.05) is 33.1 Å². The van der Waals surface area contributed by atoms with E-state index in [1.165, 1.54) is 0 Å². The first-order valence-electron chi connectivity index (χ1n) is 6.89. The molecule has 0 aromatic carbocycles. The molecule has 3 atom stereocenters. The van der Waals surface area contributed by atoms with Crippen LogP contribution < -0.4 is 10.6 Å². The van der Waals surface area contributed by atoms with Gasteiger partial charge in [-0.25, -0.2) is 9.59 Å². The molecule has 1 aliphatic rings. The topological polar surface area (TPSA) is 98.7 Å². The zero-order valence-corrected chi connectivity index (χ0v) is 11.6. The largest absolute Gasteiger partial charge is 0.480 e. The van der Waals surface area contributed by atoms with E-state index < -0.39 is 24.1 Å². The zero-order chi connectivity index (χ0) is 14.4. The Bertz CT molecular complexity index is 320. The molecule has 1 aliphatic carbocycles. The van der Waals surface area contributed by atoms with Crippen molar-refractivity contribution in [2.24, 2.45) is 5.92 Å². The van der Waals surface area contributed by atoms with Crippen molar-refractivity contribution in [3.63, 3.8) is 0 Å². The molecule has 6 heteroatoms. The molecule has 0 heterocycles. The average Bonchev–Trinajstić information content (AvgIpc) is 2.51. The van der Waals surface area contributed by atoms with E-state index in [9.17, 15) is 14.7 Å². The summed E-state index contributed by atoms with van der Waals surface area (Å²) in [7, 11) is 0. The van der Waals surface area contributed by atoms with Crippen LogP contribution in [0, 0.1) is 5.92 Å². The highest BCUT2D eigenvalue weighted by atomic mass is 16.4. The van der Waals surface area contributed by atoms with Gasteiger partial charge in [0, 0.05) is 0 Å². The van der Waals surface area contributed by atoms with Gasteiger partial charge in [-0.05, 0) is 18.8 Å². The predicted octanol–water partition coefficient (Wildman–Crippen LogP) is 1.09. The molecule has 0 saturated heterocycles. The molecule has 1 rings (SSSR count). The van der Waals surface area contributed by atoms with Crippen LogP contribution in [-0.4, -0.2) is 40.4 Å². The minimum absolute atomic E-state index is 0.192. The van der Waals surface area contributed by atoms with Gasteiger partial charge in [0.05, 0.1) is 12.1 Å². The van der Waals surface area contributed by atoms with E-state index in [2.05, 4.69) is 10.6 Å². The Morgan fingerprint density at radius 3 is 2.37 bits per heavy atom. The second kappa shape index (κ2) is 7.33. The fourth-order valence-electron chi connectivity index (χ4n) is 2.32.